The number of allylic oxidation sites excluding steroid dienone is 2. The lowest BCUT2D eigenvalue weighted by atomic mass is 9.83. The molecule has 2 nitrogen and oxygen atoms in total. The molecule has 0 bridgehead atoms. The summed E-state index contributed by atoms with van der Waals surface area (Å²) in [6.45, 7) is 7.07. The second-order valence-electron chi connectivity index (χ2n) is 6.79. The van der Waals surface area contributed by atoms with Crippen molar-refractivity contribution in [3.05, 3.63) is 11.6 Å². The molecule has 2 atom stereocenters. The van der Waals surface area contributed by atoms with E-state index in [1.54, 1.807) is 5.57 Å². The highest BCUT2D eigenvalue weighted by Crippen LogP contribution is 2.37. The molecule has 1 saturated carbocycles. The van der Waals surface area contributed by atoms with Crippen LogP contribution in [0.15, 0.2) is 11.6 Å². The minimum atomic E-state index is 0.200. The molecule has 0 spiro atoms. The molecule has 18 heavy (non-hydrogen) atoms. The first-order chi connectivity index (χ1) is 8.63. The van der Waals surface area contributed by atoms with E-state index in [1.165, 1.54) is 38.5 Å². The van der Waals surface area contributed by atoms with Crippen molar-refractivity contribution >= 4 is 0 Å². The second-order valence-corrected chi connectivity index (χ2v) is 6.79. The predicted molar refractivity (Wildman–Crippen MR) is 76.5 cm³/mol. The first-order valence-corrected chi connectivity index (χ1v) is 7.62. The van der Waals surface area contributed by atoms with Crippen molar-refractivity contribution in [3.8, 4) is 0 Å². The Morgan fingerprint density at radius 3 is 2.72 bits per heavy atom. The number of nitrogens with one attached hydrogen (secondary N) is 1. The van der Waals surface area contributed by atoms with E-state index in [9.17, 15) is 5.11 Å². The summed E-state index contributed by atoms with van der Waals surface area (Å²) in [6.07, 6.45) is 9.99. The maximum absolute atomic E-state index is 9.59. The monoisotopic (exact) mass is 251 g/mol. The van der Waals surface area contributed by atoms with Crippen LogP contribution in [0.4, 0.5) is 0 Å². The fraction of sp³-hybridized carbons (Fsp3) is 0.875. The molecule has 0 aromatic carbocycles. The van der Waals surface area contributed by atoms with Crippen LogP contribution in [-0.2, 0) is 0 Å². The molecule has 2 N–H and O–H groups in total. The van der Waals surface area contributed by atoms with Crippen LogP contribution >= 0.6 is 0 Å². The summed E-state index contributed by atoms with van der Waals surface area (Å²) in [7, 11) is 0. The van der Waals surface area contributed by atoms with Crippen LogP contribution in [0.25, 0.3) is 0 Å². The summed E-state index contributed by atoms with van der Waals surface area (Å²) in [4.78, 5) is 0. The van der Waals surface area contributed by atoms with Gasteiger partial charge in [0.2, 0.25) is 0 Å². The van der Waals surface area contributed by atoms with Crippen molar-refractivity contribution in [2.75, 3.05) is 19.7 Å². The lowest BCUT2D eigenvalue weighted by Crippen LogP contribution is -2.38. The van der Waals surface area contributed by atoms with Gasteiger partial charge in [-0.05, 0) is 51.0 Å². The highest BCUT2D eigenvalue weighted by atomic mass is 16.3. The van der Waals surface area contributed by atoms with Crippen LogP contribution in [0.5, 0.6) is 0 Å². The molecule has 0 aromatic heterocycles. The maximum Gasteiger partial charge on any atom is 0.0499 e. The lowest BCUT2D eigenvalue weighted by Gasteiger charge is -2.30. The van der Waals surface area contributed by atoms with E-state index in [2.05, 4.69) is 25.2 Å². The van der Waals surface area contributed by atoms with E-state index in [1.807, 2.05) is 0 Å². The fourth-order valence-corrected chi connectivity index (χ4v) is 3.90. The molecular weight excluding hydrogens is 222 g/mol. The highest BCUT2D eigenvalue weighted by molar-refractivity contribution is 5.06. The summed E-state index contributed by atoms with van der Waals surface area (Å²) in [5, 5.41) is 13.2. The number of rotatable bonds is 5. The first-order valence-electron chi connectivity index (χ1n) is 7.62. The van der Waals surface area contributed by atoms with Crippen LogP contribution in [0.3, 0.4) is 0 Å². The highest BCUT2D eigenvalue weighted by Gasteiger charge is 2.32. The van der Waals surface area contributed by atoms with Gasteiger partial charge in [-0.15, -0.1) is 0 Å². The Labute approximate surface area is 112 Å². The maximum atomic E-state index is 9.59. The predicted octanol–water partition coefficient (Wildman–Crippen LogP) is 3.12. The van der Waals surface area contributed by atoms with Crippen LogP contribution < -0.4 is 5.32 Å². The van der Waals surface area contributed by atoms with Gasteiger partial charge in [0, 0.05) is 18.6 Å². The number of aliphatic hydroxyl groups is 1. The molecule has 2 heteroatoms. The van der Waals surface area contributed by atoms with Gasteiger partial charge in [-0.25, -0.2) is 0 Å². The third-order valence-corrected chi connectivity index (χ3v) is 4.82. The Bertz CT molecular complexity index is 291. The van der Waals surface area contributed by atoms with Gasteiger partial charge < -0.3 is 10.4 Å². The van der Waals surface area contributed by atoms with Gasteiger partial charge in [0.05, 0.1) is 0 Å². The standard InChI is InChI=1S/C16H29NO/c1-13-7-14(2)9-15(8-13)10-17-11-16(12-18)5-3-4-6-16/h7,13,15,17-18H,3-6,8-12H2,1-2H3. The molecule has 0 aromatic rings. The molecule has 0 amide bonds. The van der Waals surface area contributed by atoms with E-state index in [0.717, 1.165) is 24.9 Å². The second kappa shape index (κ2) is 6.21. The van der Waals surface area contributed by atoms with Crippen LogP contribution in [0, 0.1) is 17.3 Å². The minimum Gasteiger partial charge on any atom is -0.396 e. The zero-order chi connectivity index (χ0) is 13.0. The molecule has 2 rings (SSSR count). The van der Waals surface area contributed by atoms with Gasteiger partial charge in [-0.2, -0.15) is 0 Å². The summed E-state index contributed by atoms with van der Waals surface area (Å²) < 4.78 is 0. The van der Waals surface area contributed by atoms with Crippen molar-refractivity contribution in [1.29, 1.82) is 0 Å². The molecule has 0 saturated heterocycles. The van der Waals surface area contributed by atoms with E-state index < -0.39 is 0 Å². The van der Waals surface area contributed by atoms with Gasteiger partial charge in [0.15, 0.2) is 0 Å². The summed E-state index contributed by atoms with van der Waals surface area (Å²) in [5.74, 6) is 1.53. The van der Waals surface area contributed by atoms with Crippen molar-refractivity contribution in [2.45, 2.75) is 52.4 Å². The van der Waals surface area contributed by atoms with Gasteiger partial charge in [-0.1, -0.05) is 31.4 Å². The Morgan fingerprint density at radius 2 is 2.11 bits per heavy atom. The Hall–Kier alpha value is -0.340. The molecular formula is C16H29NO. The molecule has 2 unspecified atom stereocenters. The number of hydrogen-bond acceptors (Lipinski definition) is 2. The fourth-order valence-electron chi connectivity index (χ4n) is 3.90. The van der Waals surface area contributed by atoms with E-state index in [4.69, 9.17) is 0 Å². The topological polar surface area (TPSA) is 32.3 Å². The molecule has 104 valence electrons. The van der Waals surface area contributed by atoms with Gasteiger partial charge >= 0.3 is 0 Å². The molecule has 1 fully saturated rings. The van der Waals surface area contributed by atoms with Gasteiger partial charge in [-0.3, -0.25) is 0 Å². The first kappa shape index (κ1) is 14.1. The van der Waals surface area contributed by atoms with Gasteiger partial charge in [0.25, 0.3) is 0 Å². The summed E-state index contributed by atoms with van der Waals surface area (Å²) in [6, 6.07) is 0. The molecule has 0 aliphatic heterocycles. The molecule has 2 aliphatic carbocycles. The van der Waals surface area contributed by atoms with E-state index in [0.29, 0.717) is 6.61 Å². The van der Waals surface area contributed by atoms with Crippen LogP contribution in [0.2, 0.25) is 0 Å². The Balaban J connectivity index is 1.73. The quantitative estimate of drug-likeness (QED) is 0.736. The zero-order valence-electron chi connectivity index (χ0n) is 12.0. The van der Waals surface area contributed by atoms with Crippen molar-refractivity contribution < 1.29 is 5.11 Å². The minimum absolute atomic E-state index is 0.200. The number of aliphatic hydroxyl groups excluding tert-OH is 1. The normalized spacial score (nSPS) is 31.4. The lowest BCUT2D eigenvalue weighted by molar-refractivity contribution is 0.126. The summed E-state index contributed by atoms with van der Waals surface area (Å²) >= 11 is 0. The zero-order valence-corrected chi connectivity index (χ0v) is 12.0. The Morgan fingerprint density at radius 1 is 1.39 bits per heavy atom. The Kier molecular flexibility index (Phi) is 4.85. The largest absolute Gasteiger partial charge is 0.396 e. The van der Waals surface area contributed by atoms with Crippen molar-refractivity contribution in [1.82, 2.24) is 5.32 Å². The van der Waals surface area contributed by atoms with Crippen LogP contribution in [0.1, 0.15) is 52.4 Å². The van der Waals surface area contributed by atoms with Gasteiger partial charge in [0.1, 0.15) is 0 Å². The summed E-state index contributed by atoms with van der Waals surface area (Å²) in [5.41, 5.74) is 1.75. The van der Waals surface area contributed by atoms with Crippen molar-refractivity contribution in [2.24, 2.45) is 17.3 Å². The van der Waals surface area contributed by atoms with Crippen molar-refractivity contribution in [3.63, 3.8) is 0 Å². The molecule has 0 radical (unpaired) electrons. The third kappa shape index (κ3) is 3.58. The average Bonchev–Trinajstić information content (AvgIpc) is 2.77. The van der Waals surface area contributed by atoms with E-state index >= 15 is 0 Å². The molecule has 2 aliphatic rings. The number of hydrogen-bond donors (Lipinski definition) is 2. The van der Waals surface area contributed by atoms with Crippen LogP contribution in [-0.4, -0.2) is 24.8 Å². The SMILES string of the molecule is CC1=CC(C)CC(CNCC2(CO)CCCC2)C1. The third-order valence-electron chi connectivity index (χ3n) is 4.82. The smallest absolute Gasteiger partial charge is 0.0499 e. The molecule has 0 heterocycles. The average molecular weight is 251 g/mol. The van der Waals surface area contributed by atoms with E-state index in [-0.39, 0.29) is 5.41 Å².